The van der Waals surface area contributed by atoms with Crippen molar-refractivity contribution < 1.29 is 4.74 Å². The molecule has 2 aromatic heterocycles. The van der Waals surface area contributed by atoms with Gasteiger partial charge in [-0.2, -0.15) is 0 Å². The Bertz CT molecular complexity index is 980. The van der Waals surface area contributed by atoms with Crippen molar-refractivity contribution in [2.45, 2.75) is 32.4 Å². The topological polar surface area (TPSA) is 67.6 Å². The molecule has 8 heteroatoms. The van der Waals surface area contributed by atoms with Gasteiger partial charge in [0.05, 0.1) is 13.7 Å². The van der Waals surface area contributed by atoms with Gasteiger partial charge in [0.1, 0.15) is 18.1 Å². The number of hydrogen-bond acceptors (Lipinski definition) is 5. The molecule has 7 nitrogen and oxygen atoms in total. The zero-order valence-corrected chi connectivity index (χ0v) is 18.5. The molecule has 4 rings (SSSR count). The van der Waals surface area contributed by atoms with E-state index in [-0.39, 0.29) is 0 Å². The third-order valence-corrected chi connectivity index (χ3v) is 6.51. The molecule has 1 aliphatic heterocycles. The zero-order valence-electron chi connectivity index (χ0n) is 17.7. The predicted molar refractivity (Wildman–Crippen MR) is 120 cm³/mol. The third kappa shape index (κ3) is 4.64. The molecule has 0 radical (unpaired) electrons. The monoisotopic (exact) mass is 424 g/mol. The largest absolute Gasteiger partial charge is 0.497 e. The smallest absolute Gasteiger partial charge is 0.194 e. The maximum Gasteiger partial charge on any atom is 0.194 e. The molecule has 158 valence electrons. The van der Waals surface area contributed by atoms with Crippen LogP contribution in [0.3, 0.4) is 0 Å². The Kier molecular flexibility index (Phi) is 6.32. The van der Waals surface area contributed by atoms with E-state index in [2.05, 4.69) is 50.1 Å². The van der Waals surface area contributed by atoms with Crippen molar-refractivity contribution in [2.75, 3.05) is 20.2 Å². The summed E-state index contributed by atoms with van der Waals surface area (Å²) in [6.07, 6.45) is 1.11. The van der Waals surface area contributed by atoms with Crippen LogP contribution in [0.15, 0.2) is 46.8 Å². The normalized spacial score (nSPS) is 16.8. The molecule has 1 aromatic carbocycles. The molecule has 3 heterocycles. The molecular weight excluding hydrogens is 396 g/mol. The Hall–Kier alpha value is -2.87. The highest BCUT2D eigenvalue weighted by Crippen LogP contribution is 2.28. The first-order chi connectivity index (χ1) is 14.6. The summed E-state index contributed by atoms with van der Waals surface area (Å²) in [5, 5.41) is 14.1. The predicted octanol–water partition coefficient (Wildman–Crippen LogP) is 3.33. The summed E-state index contributed by atoms with van der Waals surface area (Å²) in [4.78, 5) is 8.55. The van der Waals surface area contributed by atoms with Crippen LogP contribution in [0.1, 0.15) is 34.4 Å². The molecule has 1 saturated heterocycles. The van der Waals surface area contributed by atoms with Crippen LogP contribution < -0.4 is 10.1 Å². The minimum Gasteiger partial charge on any atom is -0.497 e. The Morgan fingerprint density at radius 2 is 2.10 bits per heavy atom. The molecule has 1 N–H and O–H groups in total. The molecule has 1 fully saturated rings. The number of nitrogens with one attached hydrogen (secondary N) is 1. The van der Waals surface area contributed by atoms with Crippen molar-refractivity contribution in [1.82, 2.24) is 25.0 Å². The second-order valence-corrected chi connectivity index (χ2v) is 8.53. The Labute approximate surface area is 181 Å². The number of rotatable bonds is 6. The SMILES string of the molecule is COc1ccc(C2CCN(C(=NCc3nnc(C)n3C)NCc3cccs3)C2)cc1. The highest BCUT2D eigenvalue weighted by atomic mass is 32.1. The highest BCUT2D eigenvalue weighted by molar-refractivity contribution is 7.09. The molecular formula is C22H28N6OS. The summed E-state index contributed by atoms with van der Waals surface area (Å²) in [6.45, 7) is 5.16. The van der Waals surface area contributed by atoms with Gasteiger partial charge in [0.2, 0.25) is 0 Å². The fraction of sp³-hybridized carbons (Fsp3) is 0.409. The van der Waals surface area contributed by atoms with E-state index in [1.165, 1.54) is 10.4 Å². The first kappa shape index (κ1) is 20.4. The fourth-order valence-corrected chi connectivity index (χ4v) is 4.33. The molecule has 0 spiro atoms. The van der Waals surface area contributed by atoms with E-state index in [1.54, 1.807) is 18.4 Å². The second kappa shape index (κ2) is 9.30. The molecule has 30 heavy (non-hydrogen) atoms. The molecule has 0 saturated carbocycles. The Morgan fingerprint density at radius 1 is 1.27 bits per heavy atom. The van der Waals surface area contributed by atoms with Crippen LogP contribution in [0.2, 0.25) is 0 Å². The van der Waals surface area contributed by atoms with Crippen LogP contribution in [0.25, 0.3) is 0 Å². The Morgan fingerprint density at radius 3 is 2.77 bits per heavy atom. The lowest BCUT2D eigenvalue weighted by atomic mass is 9.98. The van der Waals surface area contributed by atoms with Gasteiger partial charge in [-0.3, -0.25) is 0 Å². The summed E-state index contributed by atoms with van der Waals surface area (Å²) < 4.78 is 7.28. The van der Waals surface area contributed by atoms with Crippen LogP contribution >= 0.6 is 11.3 Å². The van der Waals surface area contributed by atoms with Gasteiger partial charge in [-0.1, -0.05) is 18.2 Å². The quantitative estimate of drug-likeness (QED) is 0.486. The minimum atomic E-state index is 0.488. The van der Waals surface area contributed by atoms with E-state index in [4.69, 9.17) is 9.73 Å². The van der Waals surface area contributed by atoms with Crippen LogP contribution in [0.5, 0.6) is 5.75 Å². The van der Waals surface area contributed by atoms with E-state index >= 15 is 0 Å². The second-order valence-electron chi connectivity index (χ2n) is 7.50. The molecule has 0 amide bonds. The van der Waals surface area contributed by atoms with Crippen molar-refractivity contribution in [3.8, 4) is 5.75 Å². The lowest BCUT2D eigenvalue weighted by Crippen LogP contribution is -2.39. The fourth-order valence-electron chi connectivity index (χ4n) is 3.68. The Balaban J connectivity index is 1.48. The summed E-state index contributed by atoms with van der Waals surface area (Å²) >= 11 is 1.75. The first-order valence-corrected chi connectivity index (χ1v) is 11.1. The average Bonchev–Trinajstić information content (AvgIpc) is 3.52. The molecule has 1 unspecified atom stereocenters. The summed E-state index contributed by atoms with van der Waals surface area (Å²) in [7, 11) is 3.68. The van der Waals surface area contributed by atoms with E-state index in [9.17, 15) is 0 Å². The van der Waals surface area contributed by atoms with Crippen molar-refractivity contribution in [2.24, 2.45) is 12.0 Å². The highest BCUT2D eigenvalue weighted by Gasteiger charge is 2.26. The number of nitrogens with zero attached hydrogens (tertiary/aromatic N) is 5. The van der Waals surface area contributed by atoms with Gasteiger partial charge < -0.3 is 19.5 Å². The number of methoxy groups -OCH3 is 1. The van der Waals surface area contributed by atoms with E-state index in [0.717, 1.165) is 49.4 Å². The number of hydrogen-bond donors (Lipinski definition) is 1. The standard InChI is InChI=1S/C22H28N6OS/c1-16-25-26-21(27(16)2)14-24-22(23-13-20-5-4-12-30-20)28-11-10-18(15-28)17-6-8-19(29-3)9-7-17/h4-9,12,18H,10-11,13-15H2,1-3H3,(H,23,24). The molecule has 0 bridgehead atoms. The van der Waals surface area contributed by atoms with Crippen LogP contribution in [0, 0.1) is 6.92 Å². The van der Waals surface area contributed by atoms with Crippen molar-refractivity contribution in [1.29, 1.82) is 0 Å². The number of ether oxygens (including phenoxy) is 1. The molecule has 1 atom stereocenters. The summed E-state index contributed by atoms with van der Waals surface area (Å²) in [5.74, 6) is 4.08. The van der Waals surface area contributed by atoms with E-state index in [0.29, 0.717) is 12.5 Å². The third-order valence-electron chi connectivity index (χ3n) is 5.63. The number of benzene rings is 1. The lowest BCUT2D eigenvalue weighted by molar-refractivity contribution is 0.414. The first-order valence-electron chi connectivity index (χ1n) is 10.2. The number of aryl methyl sites for hydroxylation is 1. The van der Waals surface area contributed by atoms with Crippen molar-refractivity contribution in [3.05, 3.63) is 63.9 Å². The van der Waals surface area contributed by atoms with Gasteiger partial charge in [-0.25, -0.2) is 4.99 Å². The van der Waals surface area contributed by atoms with Crippen molar-refractivity contribution >= 4 is 17.3 Å². The zero-order chi connectivity index (χ0) is 20.9. The van der Waals surface area contributed by atoms with Crippen LogP contribution in [-0.4, -0.2) is 45.8 Å². The lowest BCUT2D eigenvalue weighted by Gasteiger charge is -2.22. The van der Waals surface area contributed by atoms with Gasteiger partial charge in [-0.05, 0) is 42.5 Å². The number of likely N-dealkylation sites (tertiary alicyclic amines) is 1. The molecule has 0 aliphatic carbocycles. The van der Waals surface area contributed by atoms with Gasteiger partial charge >= 0.3 is 0 Å². The molecule has 3 aromatic rings. The van der Waals surface area contributed by atoms with Gasteiger partial charge in [-0.15, -0.1) is 21.5 Å². The van der Waals surface area contributed by atoms with Gasteiger partial charge in [0.15, 0.2) is 11.8 Å². The van der Waals surface area contributed by atoms with Crippen molar-refractivity contribution in [3.63, 3.8) is 0 Å². The number of thiophene rings is 1. The van der Waals surface area contributed by atoms with E-state index < -0.39 is 0 Å². The summed E-state index contributed by atoms with van der Waals surface area (Å²) in [6, 6.07) is 12.6. The van der Waals surface area contributed by atoms with Gasteiger partial charge in [0.25, 0.3) is 0 Å². The number of aromatic nitrogens is 3. The number of guanidine groups is 1. The molecule has 1 aliphatic rings. The van der Waals surface area contributed by atoms with E-state index in [1.807, 2.05) is 30.7 Å². The summed E-state index contributed by atoms with van der Waals surface area (Å²) in [5.41, 5.74) is 1.35. The number of aliphatic imine (C=N–C) groups is 1. The maximum absolute atomic E-state index is 5.29. The average molecular weight is 425 g/mol. The van der Waals surface area contributed by atoms with Crippen LogP contribution in [0.4, 0.5) is 0 Å². The maximum atomic E-state index is 5.29. The minimum absolute atomic E-state index is 0.488. The van der Waals surface area contributed by atoms with Crippen LogP contribution in [-0.2, 0) is 20.1 Å². The van der Waals surface area contributed by atoms with Gasteiger partial charge in [0, 0.05) is 30.9 Å².